The van der Waals surface area contributed by atoms with Gasteiger partial charge in [-0.3, -0.25) is 4.79 Å². The SMILES string of the molecule is Cc1ccccc1OCCC(=O)N(C)CCNS(C)(=O)=O. The van der Waals surface area contributed by atoms with E-state index in [0.29, 0.717) is 13.2 Å². The number of likely N-dealkylation sites (N-methyl/N-ethyl adjacent to an activating group) is 1. The zero-order valence-corrected chi connectivity index (χ0v) is 13.4. The van der Waals surface area contributed by atoms with Gasteiger partial charge in [0.2, 0.25) is 15.9 Å². The van der Waals surface area contributed by atoms with Crippen molar-refractivity contribution in [2.45, 2.75) is 13.3 Å². The van der Waals surface area contributed by atoms with Crippen molar-refractivity contribution < 1.29 is 17.9 Å². The number of carbonyl (C=O) groups excluding carboxylic acids is 1. The topological polar surface area (TPSA) is 75.7 Å². The largest absolute Gasteiger partial charge is 0.493 e. The molecule has 0 aromatic heterocycles. The van der Waals surface area contributed by atoms with Gasteiger partial charge in [0.1, 0.15) is 5.75 Å². The van der Waals surface area contributed by atoms with Crippen molar-refractivity contribution in [3.05, 3.63) is 29.8 Å². The van der Waals surface area contributed by atoms with Crippen molar-refractivity contribution in [1.82, 2.24) is 9.62 Å². The van der Waals surface area contributed by atoms with Crippen molar-refractivity contribution in [2.75, 3.05) is 33.0 Å². The lowest BCUT2D eigenvalue weighted by molar-refractivity contribution is -0.130. The number of hydrogen-bond donors (Lipinski definition) is 1. The minimum Gasteiger partial charge on any atom is -0.493 e. The maximum atomic E-state index is 11.8. The minimum absolute atomic E-state index is 0.0844. The van der Waals surface area contributed by atoms with Crippen LogP contribution in [-0.4, -0.2) is 52.2 Å². The van der Waals surface area contributed by atoms with Gasteiger partial charge in [0.25, 0.3) is 0 Å². The summed E-state index contributed by atoms with van der Waals surface area (Å²) in [6.07, 6.45) is 1.34. The molecule has 21 heavy (non-hydrogen) atoms. The Labute approximate surface area is 126 Å². The fraction of sp³-hybridized carbons (Fsp3) is 0.500. The number of para-hydroxylation sites is 1. The monoisotopic (exact) mass is 314 g/mol. The molecule has 118 valence electrons. The van der Waals surface area contributed by atoms with E-state index in [2.05, 4.69) is 4.72 Å². The highest BCUT2D eigenvalue weighted by molar-refractivity contribution is 7.88. The van der Waals surface area contributed by atoms with E-state index in [0.717, 1.165) is 17.6 Å². The lowest BCUT2D eigenvalue weighted by Crippen LogP contribution is -2.36. The number of ether oxygens (including phenoxy) is 1. The summed E-state index contributed by atoms with van der Waals surface area (Å²) >= 11 is 0. The molecule has 7 heteroatoms. The smallest absolute Gasteiger partial charge is 0.225 e. The molecule has 0 aliphatic heterocycles. The number of carbonyl (C=O) groups is 1. The first kappa shape index (κ1) is 17.5. The second-order valence-electron chi connectivity index (χ2n) is 4.85. The standard InChI is InChI=1S/C14H22N2O4S/c1-12-6-4-5-7-13(12)20-11-8-14(17)16(2)10-9-15-21(3,18)19/h4-7,15H,8-11H2,1-3H3. The predicted molar refractivity (Wildman–Crippen MR) is 81.8 cm³/mol. The van der Waals surface area contributed by atoms with Crippen LogP contribution >= 0.6 is 0 Å². The highest BCUT2D eigenvalue weighted by Crippen LogP contribution is 2.16. The molecule has 0 aliphatic carbocycles. The van der Waals surface area contributed by atoms with Gasteiger partial charge in [-0.05, 0) is 18.6 Å². The van der Waals surface area contributed by atoms with Gasteiger partial charge < -0.3 is 9.64 Å². The third kappa shape index (κ3) is 7.10. The van der Waals surface area contributed by atoms with Crippen LogP contribution in [0.2, 0.25) is 0 Å². The van der Waals surface area contributed by atoms with E-state index in [9.17, 15) is 13.2 Å². The van der Waals surface area contributed by atoms with Gasteiger partial charge in [0, 0.05) is 20.1 Å². The van der Waals surface area contributed by atoms with Crippen LogP contribution in [0.3, 0.4) is 0 Å². The number of nitrogens with one attached hydrogen (secondary N) is 1. The summed E-state index contributed by atoms with van der Waals surface area (Å²) in [6, 6.07) is 7.61. The molecular formula is C14H22N2O4S. The Balaban J connectivity index is 2.28. The van der Waals surface area contributed by atoms with Gasteiger partial charge in [-0.1, -0.05) is 18.2 Å². The van der Waals surface area contributed by atoms with Gasteiger partial charge in [0.05, 0.1) is 19.3 Å². The van der Waals surface area contributed by atoms with Gasteiger partial charge in [-0.15, -0.1) is 0 Å². The van der Waals surface area contributed by atoms with Gasteiger partial charge in [-0.2, -0.15) is 0 Å². The molecule has 1 aromatic rings. The molecule has 0 spiro atoms. The minimum atomic E-state index is -3.22. The number of rotatable bonds is 8. The molecule has 1 amide bonds. The van der Waals surface area contributed by atoms with Crippen molar-refractivity contribution in [3.63, 3.8) is 0 Å². The molecule has 0 saturated carbocycles. The van der Waals surface area contributed by atoms with Crippen molar-refractivity contribution in [2.24, 2.45) is 0 Å². The molecular weight excluding hydrogens is 292 g/mol. The molecule has 0 unspecified atom stereocenters. The number of hydrogen-bond acceptors (Lipinski definition) is 4. The highest BCUT2D eigenvalue weighted by atomic mass is 32.2. The molecule has 0 bridgehead atoms. The maximum Gasteiger partial charge on any atom is 0.225 e. The maximum absolute atomic E-state index is 11.8. The lowest BCUT2D eigenvalue weighted by Gasteiger charge is -2.17. The summed E-state index contributed by atoms with van der Waals surface area (Å²) in [5.41, 5.74) is 1.02. The summed E-state index contributed by atoms with van der Waals surface area (Å²) < 4.78 is 29.7. The van der Waals surface area contributed by atoms with Gasteiger partial charge >= 0.3 is 0 Å². The van der Waals surface area contributed by atoms with Crippen LogP contribution in [0, 0.1) is 6.92 Å². The summed E-state index contributed by atoms with van der Waals surface area (Å²) in [6.45, 7) is 2.78. The summed E-state index contributed by atoms with van der Waals surface area (Å²) in [5, 5.41) is 0. The van der Waals surface area contributed by atoms with Crippen LogP contribution in [-0.2, 0) is 14.8 Å². The molecule has 1 N–H and O–H groups in total. The first-order chi connectivity index (χ1) is 9.79. The molecule has 0 fully saturated rings. The van der Waals surface area contributed by atoms with E-state index in [1.165, 1.54) is 4.90 Å². The Kier molecular flexibility index (Phi) is 6.64. The van der Waals surface area contributed by atoms with E-state index in [4.69, 9.17) is 4.74 Å². The van der Waals surface area contributed by atoms with Crippen LogP contribution in [0.5, 0.6) is 5.75 Å². The molecule has 0 atom stereocenters. The van der Waals surface area contributed by atoms with Gasteiger partial charge in [-0.25, -0.2) is 13.1 Å². The molecule has 1 rings (SSSR count). The number of nitrogens with zero attached hydrogens (tertiary/aromatic N) is 1. The number of benzene rings is 1. The van der Waals surface area contributed by atoms with E-state index in [1.807, 2.05) is 31.2 Å². The Morgan fingerprint density at radius 3 is 2.62 bits per heavy atom. The van der Waals surface area contributed by atoms with Crippen LogP contribution in [0.4, 0.5) is 0 Å². The molecule has 0 heterocycles. The van der Waals surface area contributed by atoms with E-state index in [-0.39, 0.29) is 18.9 Å². The Morgan fingerprint density at radius 2 is 2.00 bits per heavy atom. The average Bonchev–Trinajstić information content (AvgIpc) is 2.39. The summed E-state index contributed by atoms with van der Waals surface area (Å²) in [7, 11) is -1.58. The molecule has 0 saturated heterocycles. The van der Waals surface area contributed by atoms with Crippen molar-refractivity contribution in [1.29, 1.82) is 0 Å². The third-order valence-electron chi connectivity index (χ3n) is 2.90. The number of amides is 1. The molecule has 1 aromatic carbocycles. The van der Waals surface area contributed by atoms with Crippen LogP contribution in [0.25, 0.3) is 0 Å². The fourth-order valence-electron chi connectivity index (χ4n) is 1.68. The van der Waals surface area contributed by atoms with E-state index in [1.54, 1.807) is 7.05 Å². The second-order valence-corrected chi connectivity index (χ2v) is 6.68. The van der Waals surface area contributed by atoms with Crippen molar-refractivity contribution >= 4 is 15.9 Å². The van der Waals surface area contributed by atoms with E-state index >= 15 is 0 Å². The fourth-order valence-corrected chi connectivity index (χ4v) is 2.14. The molecule has 0 radical (unpaired) electrons. The number of sulfonamides is 1. The Bertz CT molecular complexity index is 572. The average molecular weight is 314 g/mol. The van der Waals surface area contributed by atoms with E-state index < -0.39 is 10.0 Å². The molecule has 0 aliphatic rings. The first-order valence-corrected chi connectivity index (χ1v) is 8.56. The third-order valence-corrected chi connectivity index (χ3v) is 3.63. The van der Waals surface area contributed by atoms with Crippen LogP contribution in [0.15, 0.2) is 24.3 Å². The second kappa shape index (κ2) is 7.99. The van der Waals surface area contributed by atoms with Crippen LogP contribution in [0.1, 0.15) is 12.0 Å². The predicted octanol–water partition coefficient (Wildman–Crippen LogP) is 0.772. The first-order valence-electron chi connectivity index (χ1n) is 6.66. The zero-order valence-electron chi connectivity index (χ0n) is 12.6. The normalized spacial score (nSPS) is 11.2. The lowest BCUT2D eigenvalue weighted by atomic mass is 10.2. The number of aryl methyl sites for hydroxylation is 1. The summed E-state index contributed by atoms with van der Waals surface area (Å²) in [5.74, 6) is 0.686. The summed E-state index contributed by atoms with van der Waals surface area (Å²) in [4.78, 5) is 13.3. The Morgan fingerprint density at radius 1 is 1.33 bits per heavy atom. The quantitative estimate of drug-likeness (QED) is 0.769. The Hall–Kier alpha value is -1.60. The highest BCUT2D eigenvalue weighted by Gasteiger charge is 2.10. The van der Waals surface area contributed by atoms with Gasteiger partial charge in [0.15, 0.2) is 0 Å². The van der Waals surface area contributed by atoms with Crippen LogP contribution < -0.4 is 9.46 Å². The van der Waals surface area contributed by atoms with Crippen molar-refractivity contribution in [3.8, 4) is 5.75 Å². The molecule has 6 nitrogen and oxygen atoms in total. The zero-order chi connectivity index (χ0) is 15.9.